The van der Waals surface area contributed by atoms with E-state index in [1.807, 2.05) is 0 Å². The third-order valence-corrected chi connectivity index (χ3v) is 3.23. The van der Waals surface area contributed by atoms with Crippen molar-refractivity contribution in [3.8, 4) is 0 Å². The predicted molar refractivity (Wildman–Crippen MR) is 73.6 cm³/mol. The maximum atomic E-state index is 13.5. The lowest BCUT2D eigenvalue weighted by Crippen LogP contribution is -2.05. The van der Waals surface area contributed by atoms with Gasteiger partial charge in [0.2, 0.25) is 0 Å². The maximum absolute atomic E-state index is 13.5. The van der Waals surface area contributed by atoms with Gasteiger partial charge in [-0.2, -0.15) is 0 Å². The Kier molecular flexibility index (Phi) is 4.15. The largest absolute Gasteiger partial charge is 0.294 e. The number of rotatable bonds is 3. The molecule has 0 heterocycles. The summed E-state index contributed by atoms with van der Waals surface area (Å²) < 4.78 is 14.3. The van der Waals surface area contributed by atoms with Crippen LogP contribution in [-0.2, 0) is 6.42 Å². The molecular formula is C14H9BrClFO. The highest BCUT2D eigenvalue weighted by Crippen LogP contribution is 2.18. The van der Waals surface area contributed by atoms with Crippen molar-refractivity contribution in [3.63, 3.8) is 0 Å². The Morgan fingerprint density at radius 3 is 2.72 bits per heavy atom. The van der Waals surface area contributed by atoms with Gasteiger partial charge in [-0.05, 0) is 35.9 Å². The molecule has 0 N–H and O–H groups in total. The van der Waals surface area contributed by atoms with E-state index >= 15 is 0 Å². The summed E-state index contributed by atoms with van der Waals surface area (Å²) in [4.78, 5) is 12.0. The highest BCUT2D eigenvalue weighted by atomic mass is 79.9. The Balaban J connectivity index is 2.24. The average molecular weight is 328 g/mol. The van der Waals surface area contributed by atoms with E-state index in [0.29, 0.717) is 16.1 Å². The Labute approximate surface area is 118 Å². The molecule has 4 heteroatoms. The summed E-state index contributed by atoms with van der Waals surface area (Å²) in [5.41, 5.74) is 0.858. The Morgan fingerprint density at radius 1 is 1.22 bits per heavy atom. The first-order chi connectivity index (χ1) is 8.56. The van der Waals surface area contributed by atoms with Crippen molar-refractivity contribution in [1.82, 2.24) is 0 Å². The van der Waals surface area contributed by atoms with Gasteiger partial charge in [-0.3, -0.25) is 4.79 Å². The van der Waals surface area contributed by atoms with Gasteiger partial charge in [-0.15, -0.1) is 0 Å². The summed E-state index contributed by atoms with van der Waals surface area (Å²) in [6.07, 6.45) is 0.0195. The SMILES string of the molecule is O=C(Cc1cc(Br)ccc1F)c1cccc(Cl)c1. The fourth-order valence-electron chi connectivity index (χ4n) is 1.62. The van der Waals surface area contributed by atoms with Crippen molar-refractivity contribution in [2.45, 2.75) is 6.42 Å². The molecule has 0 aromatic heterocycles. The topological polar surface area (TPSA) is 17.1 Å². The number of halogens is 3. The Morgan fingerprint density at radius 2 is 2.00 bits per heavy atom. The van der Waals surface area contributed by atoms with Gasteiger partial charge < -0.3 is 0 Å². The minimum atomic E-state index is -0.381. The molecular weight excluding hydrogens is 319 g/mol. The zero-order valence-corrected chi connectivity index (χ0v) is 11.6. The summed E-state index contributed by atoms with van der Waals surface area (Å²) in [6, 6.07) is 11.2. The number of hydrogen-bond acceptors (Lipinski definition) is 1. The number of carbonyl (C=O) groups excluding carboxylic acids is 1. The molecule has 0 saturated heterocycles. The minimum absolute atomic E-state index is 0.0195. The third kappa shape index (κ3) is 3.18. The third-order valence-electron chi connectivity index (χ3n) is 2.51. The van der Waals surface area contributed by atoms with Crippen LogP contribution in [0.3, 0.4) is 0 Å². The molecule has 92 valence electrons. The molecule has 0 atom stereocenters. The van der Waals surface area contributed by atoms with Gasteiger partial charge in [0.15, 0.2) is 5.78 Å². The Hall–Kier alpha value is -1.19. The molecule has 0 bridgehead atoms. The number of ketones is 1. The molecule has 0 aliphatic heterocycles. The number of carbonyl (C=O) groups is 1. The molecule has 2 aromatic carbocycles. The van der Waals surface area contributed by atoms with Crippen molar-refractivity contribution in [1.29, 1.82) is 0 Å². The zero-order chi connectivity index (χ0) is 13.1. The normalized spacial score (nSPS) is 10.4. The van der Waals surface area contributed by atoms with Crippen molar-refractivity contribution < 1.29 is 9.18 Å². The van der Waals surface area contributed by atoms with Crippen molar-refractivity contribution in [3.05, 3.63) is 68.9 Å². The van der Waals surface area contributed by atoms with Crippen LogP contribution < -0.4 is 0 Å². The van der Waals surface area contributed by atoms with Crippen molar-refractivity contribution >= 4 is 33.3 Å². The molecule has 18 heavy (non-hydrogen) atoms. The van der Waals surface area contributed by atoms with Gasteiger partial charge in [-0.1, -0.05) is 39.7 Å². The van der Waals surface area contributed by atoms with Gasteiger partial charge >= 0.3 is 0 Å². The van der Waals surface area contributed by atoms with Crippen LogP contribution in [0.4, 0.5) is 4.39 Å². The van der Waals surface area contributed by atoms with Gasteiger partial charge in [0.05, 0.1) is 0 Å². The summed E-state index contributed by atoms with van der Waals surface area (Å²) in [5.74, 6) is -0.539. The quantitative estimate of drug-likeness (QED) is 0.749. The average Bonchev–Trinajstić information content (AvgIpc) is 2.34. The molecule has 0 aliphatic rings. The van der Waals surface area contributed by atoms with E-state index in [0.717, 1.165) is 4.47 Å². The van der Waals surface area contributed by atoms with Crippen molar-refractivity contribution in [2.24, 2.45) is 0 Å². The number of hydrogen-bond donors (Lipinski definition) is 0. The monoisotopic (exact) mass is 326 g/mol. The summed E-state index contributed by atoms with van der Waals surface area (Å²) in [6.45, 7) is 0. The fraction of sp³-hybridized carbons (Fsp3) is 0.0714. The summed E-state index contributed by atoms with van der Waals surface area (Å²) >= 11 is 9.07. The molecule has 0 unspecified atom stereocenters. The Bertz CT molecular complexity index is 598. The van der Waals surface area contributed by atoms with Crippen LogP contribution in [0, 0.1) is 5.82 Å². The standard InChI is InChI=1S/C14H9BrClFO/c15-11-4-5-13(17)10(6-11)8-14(18)9-2-1-3-12(16)7-9/h1-7H,8H2. The first-order valence-electron chi connectivity index (χ1n) is 5.29. The van der Waals surface area contributed by atoms with Crippen LogP contribution in [0.15, 0.2) is 46.9 Å². The first kappa shape index (κ1) is 13.2. The van der Waals surface area contributed by atoms with E-state index < -0.39 is 0 Å². The second kappa shape index (κ2) is 5.63. The van der Waals surface area contributed by atoms with E-state index in [9.17, 15) is 9.18 Å². The zero-order valence-electron chi connectivity index (χ0n) is 9.29. The van der Waals surface area contributed by atoms with Crippen molar-refractivity contribution in [2.75, 3.05) is 0 Å². The molecule has 0 aliphatic carbocycles. The molecule has 0 fully saturated rings. The molecule has 2 rings (SSSR count). The van der Waals surface area contributed by atoms with Gasteiger partial charge in [0.25, 0.3) is 0 Å². The van der Waals surface area contributed by atoms with Gasteiger partial charge in [0, 0.05) is 21.5 Å². The predicted octanol–water partition coefficient (Wildman–Crippen LogP) is 4.67. The fourth-order valence-corrected chi connectivity index (χ4v) is 2.21. The lowest BCUT2D eigenvalue weighted by Gasteiger charge is -2.04. The van der Waals surface area contributed by atoms with Crippen LogP contribution in [0.5, 0.6) is 0 Å². The highest BCUT2D eigenvalue weighted by Gasteiger charge is 2.11. The smallest absolute Gasteiger partial charge is 0.167 e. The first-order valence-corrected chi connectivity index (χ1v) is 6.46. The van der Waals surface area contributed by atoms with E-state index in [1.165, 1.54) is 6.07 Å². The maximum Gasteiger partial charge on any atom is 0.167 e. The minimum Gasteiger partial charge on any atom is -0.294 e. The molecule has 0 amide bonds. The molecule has 2 aromatic rings. The van der Waals surface area contributed by atoms with E-state index in [2.05, 4.69) is 15.9 Å². The van der Waals surface area contributed by atoms with Gasteiger partial charge in [0.1, 0.15) is 5.82 Å². The summed E-state index contributed by atoms with van der Waals surface area (Å²) in [7, 11) is 0. The molecule has 0 saturated carbocycles. The summed E-state index contributed by atoms with van der Waals surface area (Å²) in [5, 5.41) is 0.496. The second-order valence-electron chi connectivity index (χ2n) is 3.85. The molecule has 0 radical (unpaired) electrons. The van der Waals surface area contributed by atoms with Crippen LogP contribution >= 0.6 is 27.5 Å². The van der Waals surface area contributed by atoms with E-state index in [4.69, 9.17) is 11.6 Å². The van der Waals surface area contributed by atoms with E-state index in [1.54, 1.807) is 36.4 Å². The van der Waals surface area contributed by atoms with Crippen LogP contribution in [-0.4, -0.2) is 5.78 Å². The molecule has 0 spiro atoms. The molecule has 1 nitrogen and oxygen atoms in total. The highest BCUT2D eigenvalue weighted by molar-refractivity contribution is 9.10. The second-order valence-corrected chi connectivity index (χ2v) is 5.20. The van der Waals surface area contributed by atoms with Gasteiger partial charge in [-0.25, -0.2) is 4.39 Å². The van der Waals surface area contributed by atoms with Crippen LogP contribution in [0.1, 0.15) is 15.9 Å². The van der Waals surface area contributed by atoms with Crippen LogP contribution in [0.25, 0.3) is 0 Å². The van der Waals surface area contributed by atoms with Crippen LogP contribution in [0.2, 0.25) is 5.02 Å². The number of Topliss-reactive ketones (excluding diaryl/α,β-unsaturated/α-hetero) is 1. The number of benzene rings is 2. The van der Waals surface area contributed by atoms with E-state index in [-0.39, 0.29) is 18.0 Å². The lowest BCUT2D eigenvalue weighted by atomic mass is 10.0. The lowest BCUT2D eigenvalue weighted by molar-refractivity contribution is 0.0992.